The molecule has 0 spiro atoms. The lowest BCUT2D eigenvalue weighted by Gasteiger charge is -2.07. The number of aryl methyl sites for hydroxylation is 2. The van der Waals surface area contributed by atoms with Gasteiger partial charge in [0.1, 0.15) is 0 Å². The quantitative estimate of drug-likeness (QED) is 0.431. The van der Waals surface area contributed by atoms with E-state index >= 15 is 0 Å². The van der Waals surface area contributed by atoms with Crippen molar-refractivity contribution in [2.45, 2.75) is 40.4 Å². The van der Waals surface area contributed by atoms with Crippen LogP contribution in [0, 0.1) is 13.8 Å². The molecule has 0 saturated heterocycles. The van der Waals surface area contributed by atoms with Crippen LogP contribution in [0.15, 0.2) is 53.5 Å². The van der Waals surface area contributed by atoms with Crippen molar-refractivity contribution in [1.82, 2.24) is 29.3 Å². The second kappa shape index (κ2) is 8.89. The number of nitrogens with zero attached hydrogens (tertiary/aromatic N) is 6. The van der Waals surface area contributed by atoms with E-state index in [2.05, 4.69) is 36.5 Å². The Morgan fingerprint density at radius 3 is 2.39 bits per heavy atom. The van der Waals surface area contributed by atoms with E-state index in [1.807, 2.05) is 73.0 Å². The first-order chi connectivity index (χ1) is 14.9. The number of hydrogen-bond acceptors (Lipinski definition) is 4. The van der Waals surface area contributed by atoms with Crippen LogP contribution < -0.4 is 5.32 Å². The highest BCUT2D eigenvalue weighted by molar-refractivity contribution is 9.10. The third-order valence-corrected chi connectivity index (χ3v) is 6.24. The van der Waals surface area contributed by atoms with E-state index in [9.17, 15) is 4.79 Å². The first-order valence-electron chi connectivity index (χ1n) is 10.1. The van der Waals surface area contributed by atoms with E-state index in [1.165, 1.54) is 0 Å². The molecule has 1 aromatic carbocycles. The molecule has 1 N–H and O–H groups in total. The Morgan fingerprint density at radius 1 is 1.00 bits per heavy atom. The average molecular weight is 482 g/mol. The fourth-order valence-corrected chi connectivity index (χ4v) is 3.61. The lowest BCUT2D eigenvalue weighted by atomic mass is 10.1. The van der Waals surface area contributed by atoms with Crippen molar-refractivity contribution in [2.75, 3.05) is 5.32 Å². The second-order valence-corrected chi connectivity index (χ2v) is 8.22. The van der Waals surface area contributed by atoms with Gasteiger partial charge in [-0.25, -0.2) is 0 Å². The monoisotopic (exact) mass is 481 g/mol. The molecule has 8 nitrogen and oxygen atoms in total. The number of amides is 1. The largest absolute Gasteiger partial charge is 0.319 e. The summed E-state index contributed by atoms with van der Waals surface area (Å²) in [6, 6.07) is 7.56. The van der Waals surface area contributed by atoms with Crippen molar-refractivity contribution in [1.29, 1.82) is 0 Å². The molecule has 3 aromatic heterocycles. The summed E-state index contributed by atoms with van der Waals surface area (Å²) in [5, 5.41) is 16.0. The van der Waals surface area contributed by atoms with Crippen molar-refractivity contribution >= 4 is 27.5 Å². The van der Waals surface area contributed by atoms with Gasteiger partial charge in [-0.1, -0.05) is 12.1 Å². The summed E-state index contributed by atoms with van der Waals surface area (Å²) >= 11 is 3.55. The Bertz CT molecular complexity index is 1200. The highest BCUT2D eigenvalue weighted by atomic mass is 79.9. The molecule has 0 aliphatic rings. The summed E-state index contributed by atoms with van der Waals surface area (Å²) in [5.74, 6) is -0.168. The van der Waals surface area contributed by atoms with Gasteiger partial charge in [-0.05, 0) is 54.4 Å². The maximum absolute atomic E-state index is 12.6. The van der Waals surface area contributed by atoms with Crippen LogP contribution in [0.25, 0.3) is 0 Å². The van der Waals surface area contributed by atoms with Crippen LogP contribution in [0.5, 0.6) is 0 Å². The Kier molecular flexibility index (Phi) is 6.03. The van der Waals surface area contributed by atoms with Crippen LogP contribution in [-0.4, -0.2) is 35.2 Å². The minimum atomic E-state index is -0.168. The second-order valence-electron chi connectivity index (χ2n) is 7.42. The van der Waals surface area contributed by atoms with Crippen LogP contribution in [-0.2, 0) is 19.6 Å². The molecule has 0 atom stereocenters. The van der Waals surface area contributed by atoms with Gasteiger partial charge in [-0.3, -0.25) is 18.8 Å². The molecule has 0 unspecified atom stereocenters. The molecule has 9 heteroatoms. The number of benzene rings is 1. The summed E-state index contributed by atoms with van der Waals surface area (Å²) in [7, 11) is 0. The summed E-state index contributed by atoms with van der Waals surface area (Å²) in [6.45, 7) is 8.14. The Labute approximate surface area is 189 Å². The molecule has 0 fully saturated rings. The fourth-order valence-electron chi connectivity index (χ4n) is 3.33. The number of carbonyl (C=O) groups excluding carboxylic acids is 1. The maximum Gasteiger partial charge on any atom is 0.255 e. The topological polar surface area (TPSA) is 82.6 Å². The number of carbonyl (C=O) groups is 1. The lowest BCUT2D eigenvalue weighted by Crippen LogP contribution is -2.12. The van der Waals surface area contributed by atoms with Crippen molar-refractivity contribution in [3.8, 4) is 0 Å². The zero-order valence-electron chi connectivity index (χ0n) is 17.7. The van der Waals surface area contributed by atoms with Gasteiger partial charge >= 0.3 is 0 Å². The maximum atomic E-state index is 12.6. The molecule has 1 amide bonds. The summed E-state index contributed by atoms with van der Waals surface area (Å²) < 4.78 is 6.64. The predicted molar refractivity (Wildman–Crippen MR) is 122 cm³/mol. The van der Waals surface area contributed by atoms with E-state index in [0.29, 0.717) is 24.3 Å². The van der Waals surface area contributed by atoms with Crippen LogP contribution in [0.3, 0.4) is 0 Å². The minimum absolute atomic E-state index is 0.168. The fraction of sp³-hybridized carbons (Fsp3) is 0.273. The Morgan fingerprint density at radius 2 is 1.74 bits per heavy atom. The van der Waals surface area contributed by atoms with Gasteiger partial charge in [0.2, 0.25) is 0 Å². The molecule has 0 bridgehead atoms. The molecule has 0 aliphatic carbocycles. The van der Waals surface area contributed by atoms with Gasteiger partial charge in [0, 0.05) is 30.1 Å². The van der Waals surface area contributed by atoms with Crippen LogP contribution >= 0.6 is 15.9 Å². The SMILES string of the molecule is CCn1cc(Cn2cc(NC(=O)c3ccc(Cn4nc(C)c(Br)c4C)cc3)cn2)cn1. The van der Waals surface area contributed by atoms with Crippen LogP contribution in [0.2, 0.25) is 0 Å². The van der Waals surface area contributed by atoms with Crippen molar-refractivity contribution in [2.24, 2.45) is 0 Å². The zero-order chi connectivity index (χ0) is 22.0. The highest BCUT2D eigenvalue weighted by Gasteiger charge is 2.11. The van der Waals surface area contributed by atoms with Crippen LogP contribution in [0.4, 0.5) is 5.69 Å². The number of halogens is 1. The number of aromatic nitrogens is 6. The van der Waals surface area contributed by atoms with E-state index in [-0.39, 0.29) is 5.91 Å². The molecular weight excluding hydrogens is 458 g/mol. The van der Waals surface area contributed by atoms with E-state index in [1.54, 1.807) is 10.9 Å². The van der Waals surface area contributed by atoms with E-state index in [0.717, 1.165) is 33.5 Å². The number of anilines is 1. The van der Waals surface area contributed by atoms with Gasteiger partial charge in [0.05, 0.1) is 47.0 Å². The minimum Gasteiger partial charge on any atom is -0.319 e. The van der Waals surface area contributed by atoms with Crippen molar-refractivity contribution in [3.63, 3.8) is 0 Å². The van der Waals surface area contributed by atoms with Gasteiger partial charge in [-0.15, -0.1) is 0 Å². The third-order valence-electron chi connectivity index (χ3n) is 5.09. The molecule has 0 saturated carbocycles. The average Bonchev–Trinajstić information content (AvgIpc) is 3.46. The highest BCUT2D eigenvalue weighted by Crippen LogP contribution is 2.21. The summed E-state index contributed by atoms with van der Waals surface area (Å²) in [5.41, 5.74) is 5.44. The standard InChI is InChI=1S/C22H24BrN7O/c1-4-28-11-18(9-24-28)12-29-14-20(10-25-29)26-22(31)19-7-5-17(6-8-19)13-30-16(3)21(23)15(2)27-30/h5-11,14H,4,12-13H2,1-3H3,(H,26,31). The number of rotatable bonds is 7. The zero-order valence-corrected chi connectivity index (χ0v) is 19.3. The number of nitrogens with one attached hydrogen (secondary N) is 1. The number of hydrogen-bond donors (Lipinski definition) is 1. The Hall–Kier alpha value is -3.20. The normalized spacial score (nSPS) is 11.1. The van der Waals surface area contributed by atoms with Gasteiger partial charge in [-0.2, -0.15) is 15.3 Å². The molecule has 0 aliphatic heterocycles. The van der Waals surface area contributed by atoms with Gasteiger partial charge < -0.3 is 5.32 Å². The molecular formula is C22H24BrN7O. The molecule has 3 heterocycles. The van der Waals surface area contributed by atoms with Crippen LogP contribution in [0.1, 0.15) is 39.8 Å². The van der Waals surface area contributed by atoms with Gasteiger partial charge in [0.15, 0.2) is 0 Å². The summed E-state index contributed by atoms with van der Waals surface area (Å²) in [4.78, 5) is 12.6. The predicted octanol–water partition coefficient (Wildman–Crippen LogP) is 4.02. The first kappa shape index (κ1) is 21.0. The third kappa shape index (κ3) is 4.77. The first-order valence-corrected chi connectivity index (χ1v) is 10.9. The molecule has 4 rings (SSSR count). The summed E-state index contributed by atoms with van der Waals surface area (Å²) in [6.07, 6.45) is 7.29. The lowest BCUT2D eigenvalue weighted by molar-refractivity contribution is 0.102. The molecule has 31 heavy (non-hydrogen) atoms. The molecule has 4 aromatic rings. The van der Waals surface area contributed by atoms with Crippen molar-refractivity contribution < 1.29 is 4.79 Å². The van der Waals surface area contributed by atoms with E-state index < -0.39 is 0 Å². The Balaban J connectivity index is 1.37. The smallest absolute Gasteiger partial charge is 0.255 e. The van der Waals surface area contributed by atoms with E-state index in [4.69, 9.17) is 0 Å². The molecule has 0 radical (unpaired) electrons. The van der Waals surface area contributed by atoms with Gasteiger partial charge in [0.25, 0.3) is 5.91 Å². The van der Waals surface area contributed by atoms with Crippen molar-refractivity contribution in [3.05, 3.63) is 81.6 Å². The molecule has 160 valence electrons.